The molecule has 98 valence electrons. The first-order chi connectivity index (χ1) is 7.80. The van der Waals surface area contributed by atoms with Crippen LogP contribution in [-0.2, 0) is 4.79 Å². The van der Waals surface area contributed by atoms with Gasteiger partial charge in [-0.15, -0.1) is 0 Å². The van der Waals surface area contributed by atoms with Gasteiger partial charge >= 0.3 is 0 Å². The van der Waals surface area contributed by atoms with Crippen LogP contribution in [0.25, 0.3) is 0 Å². The predicted octanol–water partition coefficient (Wildman–Crippen LogP) is 2.10. The molecule has 17 heavy (non-hydrogen) atoms. The minimum absolute atomic E-state index is 0.0144. The van der Waals surface area contributed by atoms with Gasteiger partial charge in [-0.2, -0.15) is 0 Å². The highest BCUT2D eigenvalue weighted by Crippen LogP contribution is 2.51. The molecule has 0 spiro atoms. The second-order valence-corrected chi connectivity index (χ2v) is 6.33. The second-order valence-electron chi connectivity index (χ2n) is 5.86. The third kappa shape index (κ3) is 3.41. The van der Waals surface area contributed by atoms with E-state index in [1.165, 1.54) is 12.8 Å². The lowest BCUT2D eigenvalue weighted by Gasteiger charge is -2.23. The average Bonchev–Trinajstić information content (AvgIpc) is 2.94. The van der Waals surface area contributed by atoms with E-state index < -0.39 is 0 Å². The van der Waals surface area contributed by atoms with Crippen LogP contribution in [-0.4, -0.2) is 17.4 Å². The third-order valence-electron chi connectivity index (χ3n) is 3.99. The number of amides is 1. The molecular weight excluding hydrogens is 232 g/mol. The van der Waals surface area contributed by atoms with E-state index in [0.29, 0.717) is 16.3 Å². The summed E-state index contributed by atoms with van der Waals surface area (Å²) in [5.41, 5.74) is 5.95. The lowest BCUT2D eigenvalue weighted by atomic mass is 9.91. The van der Waals surface area contributed by atoms with Crippen molar-refractivity contribution in [1.82, 2.24) is 5.32 Å². The molecule has 1 rings (SSSR count). The van der Waals surface area contributed by atoms with E-state index in [-0.39, 0.29) is 17.7 Å². The molecule has 0 heterocycles. The van der Waals surface area contributed by atoms with E-state index in [1.807, 2.05) is 13.8 Å². The first-order valence-corrected chi connectivity index (χ1v) is 6.78. The molecule has 0 aromatic heterocycles. The minimum atomic E-state index is -0.340. The zero-order chi connectivity index (χ0) is 13.2. The van der Waals surface area contributed by atoms with Crippen LogP contribution in [0.5, 0.6) is 0 Å². The number of nitrogens with one attached hydrogen (secondary N) is 1. The van der Waals surface area contributed by atoms with Crippen LogP contribution in [0.15, 0.2) is 0 Å². The Kier molecular flexibility index (Phi) is 4.53. The maximum absolute atomic E-state index is 12.0. The number of rotatable bonds is 6. The average molecular weight is 256 g/mol. The summed E-state index contributed by atoms with van der Waals surface area (Å²) < 4.78 is 0. The Hall–Kier alpha value is -0.640. The van der Waals surface area contributed by atoms with Gasteiger partial charge in [0.15, 0.2) is 0 Å². The molecule has 1 unspecified atom stereocenters. The largest absolute Gasteiger partial charge is 0.393 e. The Morgan fingerprint density at radius 2 is 1.88 bits per heavy atom. The molecule has 0 radical (unpaired) electrons. The summed E-state index contributed by atoms with van der Waals surface area (Å²) >= 11 is 4.96. The topological polar surface area (TPSA) is 55.1 Å². The van der Waals surface area contributed by atoms with Gasteiger partial charge in [0, 0.05) is 6.54 Å². The highest BCUT2D eigenvalue weighted by molar-refractivity contribution is 7.80. The molecule has 1 atom stereocenters. The molecule has 1 aliphatic rings. The van der Waals surface area contributed by atoms with Gasteiger partial charge in [0.2, 0.25) is 5.91 Å². The summed E-state index contributed by atoms with van der Waals surface area (Å²) in [5, 5.41) is 3.02. The zero-order valence-corrected chi connectivity index (χ0v) is 12.1. The lowest BCUT2D eigenvalue weighted by Crippen LogP contribution is -2.43. The number of hydrogen-bond donors (Lipinski definition) is 2. The van der Waals surface area contributed by atoms with Crippen LogP contribution in [0, 0.1) is 23.2 Å². The second kappa shape index (κ2) is 5.34. The monoisotopic (exact) mass is 256 g/mol. The van der Waals surface area contributed by atoms with Gasteiger partial charge in [-0.05, 0) is 30.1 Å². The van der Waals surface area contributed by atoms with Crippen molar-refractivity contribution in [3.05, 3.63) is 0 Å². The summed E-state index contributed by atoms with van der Waals surface area (Å²) in [6, 6.07) is 0. The van der Waals surface area contributed by atoms with E-state index in [2.05, 4.69) is 19.2 Å². The normalized spacial score (nSPS) is 19.2. The van der Waals surface area contributed by atoms with Gasteiger partial charge in [-0.3, -0.25) is 4.79 Å². The molecule has 1 aliphatic carbocycles. The standard InChI is InChI=1S/C13H24N2OS/c1-8(2)10(11(14)17)12(16)15-7-13(5-6-13)9(3)4/h8-10H,5-7H2,1-4H3,(H2,14,17)(H,15,16). The molecule has 3 N–H and O–H groups in total. The van der Waals surface area contributed by atoms with E-state index in [9.17, 15) is 4.79 Å². The Bertz CT molecular complexity index is 309. The first-order valence-electron chi connectivity index (χ1n) is 6.37. The Morgan fingerprint density at radius 1 is 1.35 bits per heavy atom. The van der Waals surface area contributed by atoms with E-state index in [4.69, 9.17) is 18.0 Å². The van der Waals surface area contributed by atoms with Crippen LogP contribution < -0.4 is 11.1 Å². The summed E-state index contributed by atoms with van der Waals surface area (Å²) in [6.45, 7) is 9.13. The number of thiocarbonyl (C=S) groups is 1. The van der Waals surface area contributed by atoms with E-state index in [1.54, 1.807) is 0 Å². The number of carbonyl (C=O) groups excluding carboxylic acids is 1. The molecule has 0 aromatic carbocycles. The van der Waals surface area contributed by atoms with Crippen molar-refractivity contribution < 1.29 is 4.79 Å². The highest BCUT2D eigenvalue weighted by Gasteiger charge is 2.45. The SMILES string of the molecule is CC(C)C(C(=O)NCC1(C(C)C)CC1)C(N)=S. The molecule has 1 amide bonds. The van der Waals surface area contributed by atoms with Crippen molar-refractivity contribution >= 4 is 23.1 Å². The first kappa shape index (κ1) is 14.4. The van der Waals surface area contributed by atoms with Crippen molar-refractivity contribution in [2.75, 3.05) is 6.54 Å². The van der Waals surface area contributed by atoms with Crippen LogP contribution >= 0.6 is 12.2 Å². The number of carbonyl (C=O) groups is 1. The maximum atomic E-state index is 12.0. The zero-order valence-electron chi connectivity index (χ0n) is 11.2. The van der Waals surface area contributed by atoms with E-state index in [0.717, 1.165) is 6.54 Å². The molecule has 0 aromatic rings. The van der Waals surface area contributed by atoms with Gasteiger partial charge in [0.1, 0.15) is 0 Å². The van der Waals surface area contributed by atoms with E-state index >= 15 is 0 Å². The fraction of sp³-hybridized carbons (Fsp3) is 0.846. The molecule has 4 heteroatoms. The quantitative estimate of drug-likeness (QED) is 0.716. The predicted molar refractivity (Wildman–Crippen MR) is 74.6 cm³/mol. The lowest BCUT2D eigenvalue weighted by molar-refractivity contribution is -0.124. The molecule has 1 saturated carbocycles. The summed E-state index contributed by atoms with van der Waals surface area (Å²) in [4.78, 5) is 12.3. The molecule has 0 aliphatic heterocycles. The molecule has 1 fully saturated rings. The van der Waals surface area contributed by atoms with Crippen molar-refractivity contribution in [3.8, 4) is 0 Å². The minimum Gasteiger partial charge on any atom is -0.393 e. The Morgan fingerprint density at radius 3 is 2.18 bits per heavy atom. The van der Waals surface area contributed by atoms with Gasteiger partial charge in [-0.25, -0.2) is 0 Å². The fourth-order valence-electron chi connectivity index (χ4n) is 2.25. The van der Waals surface area contributed by atoms with Crippen molar-refractivity contribution in [1.29, 1.82) is 0 Å². The Balaban J connectivity index is 2.51. The summed E-state index contributed by atoms with van der Waals surface area (Å²) in [5.74, 6) is 0.416. The van der Waals surface area contributed by atoms with Crippen molar-refractivity contribution in [3.63, 3.8) is 0 Å². The third-order valence-corrected chi connectivity index (χ3v) is 4.24. The fourth-order valence-corrected chi connectivity index (χ4v) is 2.63. The highest BCUT2D eigenvalue weighted by atomic mass is 32.1. The van der Waals surface area contributed by atoms with Gasteiger partial charge < -0.3 is 11.1 Å². The van der Waals surface area contributed by atoms with Crippen LogP contribution in [0.3, 0.4) is 0 Å². The molecule has 0 bridgehead atoms. The summed E-state index contributed by atoms with van der Waals surface area (Å²) in [7, 11) is 0. The number of nitrogens with two attached hydrogens (primary N) is 1. The van der Waals surface area contributed by atoms with Gasteiger partial charge in [-0.1, -0.05) is 39.9 Å². The van der Waals surface area contributed by atoms with Crippen LogP contribution in [0.2, 0.25) is 0 Å². The summed E-state index contributed by atoms with van der Waals surface area (Å²) in [6.07, 6.45) is 2.43. The number of hydrogen-bond acceptors (Lipinski definition) is 2. The van der Waals surface area contributed by atoms with Crippen molar-refractivity contribution in [2.24, 2.45) is 28.9 Å². The maximum Gasteiger partial charge on any atom is 0.230 e. The smallest absolute Gasteiger partial charge is 0.230 e. The van der Waals surface area contributed by atoms with Gasteiger partial charge in [0.05, 0.1) is 10.9 Å². The molecular formula is C13H24N2OS. The van der Waals surface area contributed by atoms with Crippen LogP contribution in [0.4, 0.5) is 0 Å². The molecule has 0 saturated heterocycles. The Labute approximate surface area is 110 Å². The van der Waals surface area contributed by atoms with Crippen molar-refractivity contribution in [2.45, 2.75) is 40.5 Å². The van der Waals surface area contributed by atoms with Crippen LogP contribution in [0.1, 0.15) is 40.5 Å². The molecule has 3 nitrogen and oxygen atoms in total. The van der Waals surface area contributed by atoms with Gasteiger partial charge in [0.25, 0.3) is 0 Å².